The van der Waals surface area contributed by atoms with E-state index in [1.807, 2.05) is 0 Å². The van der Waals surface area contributed by atoms with E-state index in [-0.39, 0.29) is 12.8 Å². The zero-order valence-electron chi connectivity index (χ0n) is 9.01. The van der Waals surface area contributed by atoms with Crippen molar-refractivity contribution in [1.29, 1.82) is 0 Å². The minimum absolute atomic E-state index is 0.245. The summed E-state index contributed by atoms with van der Waals surface area (Å²) in [6.07, 6.45) is -2.17. The van der Waals surface area contributed by atoms with Crippen LogP contribution in [0.4, 0.5) is 0 Å². The fourth-order valence-electron chi connectivity index (χ4n) is 1.99. The summed E-state index contributed by atoms with van der Waals surface area (Å²) in [6, 6.07) is -2.72. The molecule has 4 unspecified atom stereocenters. The van der Waals surface area contributed by atoms with Crippen molar-refractivity contribution in [3.05, 3.63) is 20.2 Å². The number of esters is 1. The van der Waals surface area contributed by atoms with Crippen LogP contribution in [0.3, 0.4) is 0 Å². The van der Waals surface area contributed by atoms with E-state index in [0.29, 0.717) is 0 Å². The van der Waals surface area contributed by atoms with Gasteiger partial charge in [-0.1, -0.05) is 0 Å². The minimum Gasteiger partial charge on any atom is -0.469 e. The largest absolute Gasteiger partial charge is 0.469 e. The molecule has 1 N–H and O–H groups in total. The molecular formula is C8H12N2O7. The van der Waals surface area contributed by atoms with E-state index in [1.54, 1.807) is 0 Å². The van der Waals surface area contributed by atoms with Crippen molar-refractivity contribution in [3.8, 4) is 0 Å². The Balaban J connectivity index is 2.93. The summed E-state index contributed by atoms with van der Waals surface area (Å²) >= 11 is 0. The second-order valence-electron chi connectivity index (χ2n) is 3.88. The van der Waals surface area contributed by atoms with Gasteiger partial charge in [0, 0.05) is 16.3 Å². The van der Waals surface area contributed by atoms with Crippen LogP contribution in [0.1, 0.15) is 12.8 Å². The van der Waals surface area contributed by atoms with E-state index in [0.717, 1.165) is 7.11 Å². The molecule has 1 aliphatic rings. The third kappa shape index (κ3) is 2.67. The first-order chi connectivity index (χ1) is 7.88. The van der Waals surface area contributed by atoms with Gasteiger partial charge in [-0.25, -0.2) is 0 Å². The summed E-state index contributed by atoms with van der Waals surface area (Å²) in [5, 5.41) is 30.9. The summed E-state index contributed by atoms with van der Waals surface area (Å²) in [6.45, 7) is 0. The minimum atomic E-state index is -1.55. The first-order valence-corrected chi connectivity index (χ1v) is 4.91. The normalized spacial score (nSPS) is 32.8. The van der Waals surface area contributed by atoms with Crippen LogP contribution in [-0.2, 0) is 9.53 Å². The SMILES string of the molecule is COC(=O)C1CC([N+](=O)[O-])CC([N+](=O)[O-])C1O. The molecule has 1 rings (SSSR count). The van der Waals surface area contributed by atoms with Gasteiger partial charge in [-0.3, -0.25) is 25.0 Å². The van der Waals surface area contributed by atoms with Crippen LogP contribution < -0.4 is 0 Å². The Labute approximate surface area is 95.7 Å². The van der Waals surface area contributed by atoms with Gasteiger partial charge in [-0.05, 0) is 0 Å². The van der Waals surface area contributed by atoms with Gasteiger partial charge in [-0.2, -0.15) is 0 Å². The molecule has 0 amide bonds. The highest BCUT2D eigenvalue weighted by Gasteiger charge is 2.51. The van der Waals surface area contributed by atoms with Gasteiger partial charge in [0.1, 0.15) is 6.10 Å². The molecule has 0 aromatic rings. The summed E-state index contributed by atoms with van der Waals surface area (Å²) in [5.74, 6) is -2.09. The Morgan fingerprint density at radius 3 is 2.29 bits per heavy atom. The van der Waals surface area contributed by atoms with Crippen LogP contribution in [0.15, 0.2) is 0 Å². The number of nitrogens with zero attached hydrogens (tertiary/aromatic N) is 2. The molecule has 0 bridgehead atoms. The number of carbonyl (C=O) groups excluding carboxylic acids is 1. The maximum Gasteiger partial charge on any atom is 0.311 e. The number of carbonyl (C=O) groups is 1. The molecule has 9 nitrogen and oxygen atoms in total. The monoisotopic (exact) mass is 248 g/mol. The highest BCUT2D eigenvalue weighted by atomic mass is 16.6. The molecule has 4 atom stereocenters. The molecule has 1 aliphatic carbocycles. The molecule has 0 aromatic heterocycles. The number of hydrogen-bond acceptors (Lipinski definition) is 7. The summed E-state index contributed by atoms with van der Waals surface area (Å²) in [5.41, 5.74) is 0. The van der Waals surface area contributed by atoms with E-state index in [4.69, 9.17) is 0 Å². The average Bonchev–Trinajstić information content (AvgIpc) is 2.27. The van der Waals surface area contributed by atoms with Crippen LogP contribution >= 0.6 is 0 Å². The number of nitro groups is 2. The van der Waals surface area contributed by atoms with Gasteiger partial charge in [0.2, 0.25) is 12.1 Å². The maximum absolute atomic E-state index is 11.3. The summed E-state index contributed by atoms with van der Waals surface area (Å²) in [4.78, 5) is 31.1. The summed E-state index contributed by atoms with van der Waals surface area (Å²) < 4.78 is 4.37. The molecule has 0 radical (unpaired) electrons. The Hall–Kier alpha value is -1.77. The zero-order valence-corrected chi connectivity index (χ0v) is 9.01. The quantitative estimate of drug-likeness (QED) is 0.393. The molecule has 0 spiro atoms. The Morgan fingerprint density at radius 2 is 1.88 bits per heavy atom. The molecule has 96 valence electrons. The third-order valence-corrected chi connectivity index (χ3v) is 2.92. The molecular weight excluding hydrogens is 236 g/mol. The lowest BCUT2D eigenvalue weighted by atomic mass is 9.80. The smallest absolute Gasteiger partial charge is 0.311 e. The molecule has 0 heterocycles. The fourth-order valence-corrected chi connectivity index (χ4v) is 1.99. The first-order valence-electron chi connectivity index (χ1n) is 4.91. The van der Waals surface area contributed by atoms with Gasteiger partial charge in [0.05, 0.1) is 19.4 Å². The van der Waals surface area contributed by atoms with E-state index < -0.39 is 39.9 Å². The highest BCUT2D eigenvalue weighted by molar-refractivity contribution is 5.73. The van der Waals surface area contributed by atoms with Gasteiger partial charge < -0.3 is 9.84 Å². The Morgan fingerprint density at radius 1 is 1.29 bits per heavy atom. The van der Waals surface area contributed by atoms with Crippen LogP contribution in [0, 0.1) is 26.1 Å². The van der Waals surface area contributed by atoms with Crippen LogP contribution in [-0.4, -0.2) is 46.2 Å². The number of methoxy groups -OCH3 is 1. The van der Waals surface area contributed by atoms with E-state index in [2.05, 4.69) is 4.74 Å². The number of aliphatic hydroxyl groups excluding tert-OH is 1. The van der Waals surface area contributed by atoms with Crippen molar-refractivity contribution in [2.75, 3.05) is 7.11 Å². The van der Waals surface area contributed by atoms with Crippen LogP contribution in [0.2, 0.25) is 0 Å². The van der Waals surface area contributed by atoms with Gasteiger partial charge in [0.25, 0.3) is 0 Å². The van der Waals surface area contributed by atoms with E-state index >= 15 is 0 Å². The molecule has 1 fully saturated rings. The van der Waals surface area contributed by atoms with Crippen molar-refractivity contribution in [2.45, 2.75) is 31.0 Å². The van der Waals surface area contributed by atoms with Gasteiger partial charge >= 0.3 is 5.97 Å². The molecule has 1 saturated carbocycles. The van der Waals surface area contributed by atoms with Gasteiger partial charge in [-0.15, -0.1) is 0 Å². The van der Waals surface area contributed by atoms with Crippen LogP contribution in [0.5, 0.6) is 0 Å². The first kappa shape index (κ1) is 13.3. The Bertz CT molecular complexity index is 345. The molecule has 17 heavy (non-hydrogen) atoms. The average molecular weight is 248 g/mol. The summed E-state index contributed by atoms with van der Waals surface area (Å²) in [7, 11) is 1.06. The maximum atomic E-state index is 11.3. The molecule has 0 aliphatic heterocycles. The predicted molar refractivity (Wildman–Crippen MR) is 52.3 cm³/mol. The highest BCUT2D eigenvalue weighted by Crippen LogP contribution is 2.29. The number of ether oxygens (including phenoxy) is 1. The molecule has 0 saturated heterocycles. The second kappa shape index (κ2) is 5.04. The van der Waals surface area contributed by atoms with Crippen molar-refractivity contribution in [3.63, 3.8) is 0 Å². The number of rotatable bonds is 3. The molecule has 9 heteroatoms. The standard InChI is InChI=1S/C8H12N2O7/c1-17-8(12)5-2-4(9(13)14)3-6(7(5)11)10(15)16/h4-7,11H,2-3H2,1H3. The Kier molecular flexibility index (Phi) is 3.94. The van der Waals surface area contributed by atoms with E-state index in [1.165, 1.54) is 0 Å². The van der Waals surface area contributed by atoms with Crippen molar-refractivity contribution in [1.82, 2.24) is 0 Å². The lowest BCUT2D eigenvalue weighted by Gasteiger charge is -2.29. The van der Waals surface area contributed by atoms with Crippen molar-refractivity contribution in [2.24, 2.45) is 5.92 Å². The topological polar surface area (TPSA) is 133 Å². The molecule has 0 aromatic carbocycles. The lowest BCUT2D eigenvalue weighted by molar-refractivity contribution is -0.578. The lowest BCUT2D eigenvalue weighted by Crippen LogP contribution is -2.51. The number of hydrogen-bond donors (Lipinski definition) is 1. The third-order valence-electron chi connectivity index (χ3n) is 2.92. The predicted octanol–water partition coefficient (Wildman–Crippen LogP) is -0.779. The van der Waals surface area contributed by atoms with Crippen molar-refractivity contribution < 1.29 is 24.5 Å². The number of aliphatic hydroxyl groups is 1. The van der Waals surface area contributed by atoms with Crippen molar-refractivity contribution >= 4 is 5.97 Å². The van der Waals surface area contributed by atoms with E-state index in [9.17, 15) is 30.1 Å². The second-order valence-corrected chi connectivity index (χ2v) is 3.88. The van der Waals surface area contributed by atoms with Crippen LogP contribution in [0.25, 0.3) is 0 Å². The zero-order chi connectivity index (χ0) is 13.2. The fraction of sp³-hybridized carbons (Fsp3) is 0.875. The van der Waals surface area contributed by atoms with Gasteiger partial charge in [0.15, 0.2) is 0 Å².